The maximum atomic E-state index is 3.43. The van der Waals surface area contributed by atoms with Crippen molar-refractivity contribution in [1.29, 1.82) is 0 Å². The highest BCUT2D eigenvalue weighted by Crippen LogP contribution is 2.27. The molecule has 0 saturated heterocycles. The zero-order valence-electron chi connectivity index (χ0n) is 9.35. The third-order valence-electron chi connectivity index (χ3n) is 2.62. The Morgan fingerprint density at radius 2 is 2.07 bits per heavy atom. The number of anilines is 1. The molecule has 1 aromatic carbocycles. The Bertz CT molecular complexity index is 334. The molecule has 0 aromatic heterocycles. The number of hydrogen-bond donors (Lipinski definition) is 1. The third-order valence-corrected chi connectivity index (χ3v) is 2.62. The Labute approximate surface area is 86.5 Å². The van der Waals surface area contributed by atoms with Crippen molar-refractivity contribution in [3.8, 4) is 0 Å². The van der Waals surface area contributed by atoms with E-state index in [4.69, 9.17) is 0 Å². The van der Waals surface area contributed by atoms with Gasteiger partial charge in [0.1, 0.15) is 0 Å². The number of nitrogens with one attached hydrogen (secondary N) is 1. The van der Waals surface area contributed by atoms with Gasteiger partial charge in [0.25, 0.3) is 0 Å². The van der Waals surface area contributed by atoms with Gasteiger partial charge in [0.15, 0.2) is 0 Å². The molecule has 1 aliphatic heterocycles. The van der Waals surface area contributed by atoms with Crippen molar-refractivity contribution >= 4 is 5.69 Å². The van der Waals surface area contributed by atoms with E-state index in [1.165, 1.54) is 23.2 Å². The van der Waals surface area contributed by atoms with Crippen molar-refractivity contribution < 1.29 is 0 Å². The van der Waals surface area contributed by atoms with E-state index >= 15 is 0 Å². The Hall–Kier alpha value is -0.980. The fourth-order valence-electron chi connectivity index (χ4n) is 2.06. The van der Waals surface area contributed by atoms with Crippen LogP contribution in [0.4, 0.5) is 5.69 Å². The fraction of sp³-hybridized carbons (Fsp3) is 0.538. The Morgan fingerprint density at radius 3 is 2.79 bits per heavy atom. The minimum atomic E-state index is 0.382. The largest absolute Gasteiger partial charge is 0.384 e. The van der Waals surface area contributed by atoms with E-state index < -0.39 is 0 Å². The normalized spacial score (nSPS) is 15.1. The molecule has 2 rings (SSSR count). The van der Waals surface area contributed by atoms with Gasteiger partial charge in [-0.05, 0) is 35.4 Å². The fourth-order valence-corrected chi connectivity index (χ4v) is 2.06. The first kappa shape index (κ1) is 9.57. The lowest BCUT2D eigenvalue weighted by molar-refractivity contribution is 0.411. The average molecular weight is 189 g/mol. The van der Waals surface area contributed by atoms with Crippen LogP contribution in [0.5, 0.6) is 0 Å². The second-order valence-electron chi connectivity index (χ2n) is 5.41. The first-order valence-corrected chi connectivity index (χ1v) is 5.40. The molecule has 1 N–H and O–H groups in total. The molecule has 0 spiro atoms. The highest BCUT2D eigenvalue weighted by molar-refractivity contribution is 5.57. The molecule has 0 aliphatic carbocycles. The van der Waals surface area contributed by atoms with Crippen LogP contribution < -0.4 is 5.32 Å². The second-order valence-corrected chi connectivity index (χ2v) is 5.41. The number of benzene rings is 1. The lowest BCUT2D eigenvalue weighted by Gasteiger charge is -2.18. The predicted molar refractivity (Wildman–Crippen MR) is 61.8 cm³/mol. The van der Waals surface area contributed by atoms with E-state index in [0.717, 1.165) is 13.0 Å². The molecule has 1 aliphatic rings. The van der Waals surface area contributed by atoms with Crippen LogP contribution in [0.2, 0.25) is 0 Å². The van der Waals surface area contributed by atoms with E-state index in [1.807, 2.05) is 0 Å². The summed E-state index contributed by atoms with van der Waals surface area (Å²) >= 11 is 0. The van der Waals surface area contributed by atoms with Crippen LogP contribution in [0.25, 0.3) is 0 Å². The maximum absolute atomic E-state index is 3.43. The Morgan fingerprint density at radius 1 is 1.29 bits per heavy atom. The molecule has 1 heterocycles. The van der Waals surface area contributed by atoms with Gasteiger partial charge in [-0.2, -0.15) is 0 Å². The summed E-state index contributed by atoms with van der Waals surface area (Å²) in [6.45, 7) is 7.96. The predicted octanol–water partition coefficient (Wildman–Crippen LogP) is 3.24. The molecule has 1 aromatic rings. The highest BCUT2D eigenvalue weighted by atomic mass is 14.9. The summed E-state index contributed by atoms with van der Waals surface area (Å²) < 4.78 is 0. The van der Waals surface area contributed by atoms with Crippen molar-refractivity contribution in [3.05, 3.63) is 29.3 Å². The van der Waals surface area contributed by atoms with Crippen LogP contribution in [0.15, 0.2) is 18.2 Å². The zero-order chi connectivity index (χ0) is 10.2. The summed E-state index contributed by atoms with van der Waals surface area (Å²) in [6.07, 6.45) is 2.34. The Balaban J connectivity index is 2.21. The Kier molecular flexibility index (Phi) is 2.26. The SMILES string of the molecule is CC(C)(C)Cc1ccc2c(c1)NCC2. The van der Waals surface area contributed by atoms with Crippen molar-refractivity contribution in [2.75, 3.05) is 11.9 Å². The maximum Gasteiger partial charge on any atom is 0.0376 e. The van der Waals surface area contributed by atoms with Crippen molar-refractivity contribution in [2.45, 2.75) is 33.6 Å². The summed E-state index contributed by atoms with van der Waals surface area (Å²) in [6, 6.07) is 6.86. The van der Waals surface area contributed by atoms with Crippen molar-refractivity contribution in [3.63, 3.8) is 0 Å². The van der Waals surface area contributed by atoms with Crippen LogP contribution in [-0.4, -0.2) is 6.54 Å². The molecular weight excluding hydrogens is 170 g/mol. The first-order valence-electron chi connectivity index (χ1n) is 5.40. The number of hydrogen-bond acceptors (Lipinski definition) is 1. The van der Waals surface area contributed by atoms with Crippen LogP contribution in [0.3, 0.4) is 0 Å². The summed E-state index contributed by atoms with van der Waals surface area (Å²) in [5.74, 6) is 0. The quantitative estimate of drug-likeness (QED) is 0.715. The minimum absolute atomic E-state index is 0.382. The van der Waals surface area contributed by atoms with E-state index in [9.17, 15) is 0 Å². The van der Waals surface area contributed by atoms with Gasteiger partial charge < -0.3 is 5.32 Å². The molecule has 0 unspecified atom stereocenters. The molecule has 0 radical (unpaired) electrons. The summed E-state index contributed by atoms with van der Waals surface area (Å²) in [5.41, 5.74) is 4.66. The lowest BCUT2D eigenvalue weighted by atomic mass is 9.88. The van der Waals surface area contributed by atoms with Crippen molar-refractivity contribution in [2.24, 2.45) is 5.41 Å². The van der Waals surface area contributed by atoms with Gasteiger partial charge >= 0.3 is 0 Å². The van der Waals surface area contributed by atoms with Gasteiger partial charge in [0.2, 0.25) is 0 Å². The monoisotopic (exact) mass is 189 g/mol. The van der Waals surface area contributed by atoms with E-state index in [0.29, 0.717) is 5.41 Å². The topological polar surface area (TPSA) is 12.0 Å². The van der Waals surface area contributed by atoms with Gasteiger partial charge in [-0.15, -0.1) is 0 Å². The van der Waals surface area contributed by atoms with Crippen LogP contribution in [-0.2, 0) is 12.8 Å². The smallest absolute Gasteiger partial charge is 0.0376 e. The molecule has 0 amide bonds. The van der Waals surface area contributed by atoms with E-state index in [1.54, 1.807) is 0 Å². The molecule has 1 heteroatoms. The lowest BCUT2D eigenvalue weighted by Crippen LogP contribution is -2.09. The van der Waals surface area contributed by atoms with Crippen molar-refractivity contribution in [1.82, 2.24) is 0 Å². The number of rotatable bonds is 1. The van der Waals surface area contributed by atoms with Crippen LogP contribution in [0, 0.1) is 5.41 Å². The molecular formula is C13H19N. The number of fused-ring (bicyclic) bond motifs is 1. The second kappa shape index (κ2) is 3.30. The van der Waals surface area contributed by atoms with E-state index in [2.05, 4.69) is 44.3 Å². The highest BCUT2D eigenvalue weighted by Gasteiger charge is 2.14. The van der Waals surface area contributed by atoms with Gasteiger partial charge in [0.05, 0.1) is 0 Å². The third kappa shape index (κ3) is 2.09. The standard InChI is InChI=1S/C13H19N/c1-13(2,3)9-10-4-5-11-6-7-14-12(11)8-10/h4-5,8,14H,6-7,9H2,1-3H3. The molecule has 0 fully saturated rings. The van der Waals surface area contributed by atoms with Gasteiger partial charge in [-0.3, -0.25) is 0 Å². The molecule has 0 atom stereocenters. The molecule has 0 bridgehead atoms. The van der Waals surface area contributed by atoms with Gasteiger partial charge in [-0.1, -0.05) is 32.9 Å². The molecule has 76 valence electrons. The van der Waals surface area contributed by atoms with Crippen LogP contribution in [0.1, 0.15) is 31.9 Å². The summed E-state index contributed by atoms with van der Waals surface area (Å²) in [4.78, 5) is 0. The molecule has 0 saturated carbocycles. The zero-order valence-corrected chi connectivity index (χ0v) is 9.35. The average Bonchev–Trinajstić information content (AvgIpc) is 2.47. The van der Waals surface area contributed by atoms with Gasteiger partial charge in [-0.25, -0.2) is 0 Å². The van der Waals surface area contributed by atoms with Gasteiger partial charge in [0, 0.05) is 12.2 Å². The minimum Gasteiger partial charge on any atom is -0.384 e. The first-order chi connectivity index (χ1) is 6.54. The van der Waals surface area contributed by atoms with Crippen LogP contribution >= 0.6 is 0 Å². The summed E-state index contributed by atoms with van der Waals surface area (Å²) in [5, 5.41) is 3.43. The van der Waals surface area contributed by atoms with E-state index in [-0.39, 0.29) is 0 Å². The summed E-state index contributed by atoms with van der Waals surface area (Å²) in [7, 11) is 0. The molecule has 1 nitrogen and oxygen atoms in total. The molecule has 14 heavy (non-hydrogen) atoms.